The van der Waals surface area contributed by atoms with Crippen molar-refractivity contribution in [3.05, 3.63) is 23.5 Å². The summed E-state index contributed by atoms with van der Waals surface area (Å²) in [6.45, 7) is 0. The predicted octanol–water partition coefficient (Wildman–Crippen LogP) is 1.32. The van der Waals surface area contributed by atoms with Crippen LogP contribution in [0.1, 0.15) is 12.0 Å². The summed E-state index contributed by atoms with van der Waals surface area (Å²) in [5, 5.41) is 0. The molecule has 1 amide bonds. The van der Waals surface area contributed by atoms with Gasteiger partial charge in [-0.25, -0.2) is 4.39 Å². The molecule has 1 aliphatic rings. The van der Waals surface area contributed by atoms with Gasteiger partial charge in [0.25, 0.3) is 0 Å². The molecule has 0 unspecified atom stereocenters. The predicted molar refractivity (Wildman–Crippen MR) is 52.5 cm³/mol. The van der Waals surface area contributed by atoms with Crippen LogP contribution in [0.2, 0.25) is 0 Å². The molecule has 0 bridgehead atoms. The quantitative estimate of drug-likeness (QED) is 0.633. The first kappa shape index (κ1) is 8.99. The highest BCUT2D eigenvalue weighted by molar-refractivity contribution is 5.96. The van der Waals surface area contributed by atoms with Crippen molar-refractivity contribution in [3.8, 4) is 0 Å². The van der Waals surface area contributed by atoms with E-state index in [-0.39, 0.29) is 11.6 Å². The molecule has 14 heavy (non-hydrogen) atoms. The van der Waals surface area contributed by atoms with Gasteiger partial charge in [0, 0.05) is 25.2 Å². The van der Waals surface area contributed by atoms with Crippen LogP contribution in [-0.4, -0.2) is 13.0 Å². The second-order valence-electron chi connectivity index (χ2n) is 3.46. The first-order valence-electron chi connectivity index (χ1n) is 4.44. The molecule has 0 saturated carbocycles. The molecule has 1 aromatic rings. The molecule has 0 aliphatic carbocycles. The van der Waals surface area contributed by atoms with Gasteiger partial charge in [0.05, 0.1) is 5.69 Å². The smallest absolute Gasteiger partial charge is 0.227 e. The molecule has 3 nitrogen and oxygen atoms in total. The Morgan fingerprint density at radius 2 is 2.14 bits per heavy atom. The van der Waals surface area contributed by atoms with Crippen LogP contribution in [0.5, 0.6) is 0 Å². The molecule has 0 radical (unpaired) electrons. The van der Waals surface area contributed by atoms with Crippen LogP contribution in [0.15, 0.2) is 12.1 Å². The summed E-state index contributed by atoms with van der Waals surface area (Å²) in [4.78, 5) is 12.8. The van der Waals surface area contributed by atoms with Crippen LogP contribution in [0.4, 0.5) is 15.8 Å². The van der Waals surface area contributed by atoms with E-state index in [2.05, 4.69) is 0 Å². The number of halogens is 1. The SMILES string of the molecule is CN1C(=O)CCc2cc(N)c(F)cc21. The maximum Gasteiger partial charge on any atom is 0.227 e. The van der Waals surface area contributed by atoms with Crippen molar-refractivity contribution in [3.63, 3.8) is 0 Å². The maximum absolute atomic E-state index is 13.1. The van der Waals surface area contributed by atoms with Crippen molar-refractivity contribution in [1.29, 1.82) is 0 Å². The van der Waals surface area contributed by atoms with Crippen molar-refractivity contribution in [1.82, 2.24) is 0 Å². The van der Waals surface area contributed by atoms with Crippen LogP contribution < -0.4 is 10.6 Å². The topological polar surface area (TPSA) is 46.3 Å². The van der Waals surface area contributed by atoms with Crippen molar-refractivity contribution in [2.75, 3.05) is 17.7 Å². The first-order chi connectivity index (χ1) is 6.59. The number of hydrogen-bond donors (Lipinski definition) is 1. The lowest BCUT2D eigenvalue weighted by molar-refractivity contribution is -0.118. The van der Waals surface area contributed by atoms with Crippen LogP contribution in [0.25, 0.3) is 0 Å². The first-order valence-corrected chi connectivity index (χ1v) is 4.44. The molecule has 0 spiro atoms. The van der Waals surface area contributed by atoms with E-state index >= 15 is 0 Å². The Morgan fingerprint density at radius 1 is 1.43 bits per heavy atom. The molecular formula is C10H11FN2O. The number of carbonyl (C=O) groups is 1. The zero-order valence-electron chi connectivity index (χ0n) is 7.88. The zero-order valence-corrected chi connectivity index (χ0v) is 7.88. The summed E-state index contributed by atoms with van der Waals surface area (Å²) in [7, 11) is 1.65. The van der Waals surface area contributed by atoms with Gasteiger partial charge in [-0.3, -0.25) is 4.79 Å². The van der Waals surface area contributed by atoms with E-state index in [1.54, 1.807) is 13.1 Å². The standard InChI is InChI=1S/C10H11FN2O/c1-13-9-5-7(11)8(12)4-6(9)2-3-10(13)14/h4-5H,2-3,12H2,1H3. The minimum Gasteiger partial charge on any atom is -0.396 e. The molecular weight excluding hydrogens is 183 g/mol. The van der Waals surface area contributed by atoms with Crippen LogP contribution >= 0.6 is 0 Å². The second-order valence-corrected chi connectivity index (χ2v) is 3.46. The van der Waals surface area contributed by atoms with Crippen molar-refractivity contribution in [2.45, 2.75) is 12.8 Å². The fourth-order valence-corrected chi connectivity index (χ4v) is 1.68. The number of benzene rings is 1. The Labute approximate surface area is 81.3 Å². The summed E-state index contributed by atoms with van der Waals surface area (Å²) in [6.07, 6.45) is 1.11. The Morgan fingerprint density at radius 3 is 2.86 bits per heavy atom. The van der Waals surface area contributed by atoms with E-state index in [1.807, 2.05) is 0 Å². The fraction of sp³-hybridized carbons (Fsp3) is 0.300. The highest BCUT2D eigenvalue weighted by Gasteiger charge is 2.21. The number of carbonyl (C=O) groups excluding carboxylic acids is 1. The molecule has 74 valence electrons. The van der Waals surface area contributed by atoms with Crippen molar-refractivity contribution < 1.29 is 9.18 Å². The molecule has 0 aromatic heterocycles. The number of nitrogens with zero attached hydrogens (tertiary/aromatic N) is 1. The third-order valence-corrected chi connectivity index (χ3v) is 2.54. The Balaban J connectivity index is 2.55. The molecule has 1 heterocycles. The minimum absolute atomic E-state index is 0.0154. The number of rotatable bonds is 0. The summed E-state index contributed by atoms with van der Waals surface area (Å²) >= 11 is 0. The van der Waals surface area contributed by atoms with Gasteiger partial charge < -0.3 is 10.6 Å². The highest BCUT2D eigenvalue weighted by atomic mass is 19.1. The number of nitrogen functional groups attached to an aromatic ring is 1. The molecule has 2 N–H and O–H groups in total. The second kappa shape index (κ2) is 2.97. The van der Waals surface area contributed by atoms with Crippen molar-refractivity contribution >= 4 is 17.3 Å². The van der Waals surface area contributed by atoms with E-state index in [9.17, 15) is 9.18 Å². The molecule has 1 aromatic carbocycles. The van der Waals surface area contributed by atoms with E-state index in [4.69, 9.17) is 5.73 Å². The van der Waals surface area contributed by atoms with E-state index in [1.165, 1.54) is 11.0 Å². The molecule has 0 fully saturated rings. The average Bonchev–Trinajstić information content (AvgIpc) is 2.15. The summed E-state index contributed by atoms with van der Waals surface area (Å²) in [6, 6.07) is 2.93. The third kappa shape index (κ3) is 1.23. The summed E-state index contributed by atoms with van der Waals surface area (Å²) in [5.74, 6) is -0.452. The number of anilines is 2. The van der Waals surface area contributed by atoms with Gasteiger partial charge in [0.2, 0.25) is 5.91 Å². The average molecular weight is 194 g/mol. The lowest BCUT2D eigenvalue weighted by atomic mass is 10.0. The molecule has 0 saturated heterocycles. The monoisotopic (exact) mass is 194 g/mol. The van der Waals surface area contributed by atoms with E-state index in [0.29, 0.717) is 18.5 Å². The zero-order chi connectivity index (χ0) is 10.3. The summed E-state index contributed by atoms with van der Waals surface area (Å²) < 4.78 is 13.1. The third-order valence-electron chi connectivity index (χ3n) is 2.54. The van der Waals surface area contributed by atoms with Gasteiger partial charge in [-0.2, -0.15) is 0 Å². The lowest BCUT2D eigenvalue weighted by Crippen LogP contribution is -2.31. The van der Waals surface area contributed by atoms with Gasteiger partial charge in [0.1, 0.15) is 5.82 Å². The van der Waals surface area contributed by atoms with Gasteiger partial charge in [0.15, 0.2) is 0 Å². The van der Waals surface area contributed by atoms with Crippen LogP contribution in [-0.2, 0) is 11.2 Å². The van der Waals surface area contributed by atoms with E-state index < -0.39 is 5.82 Å². The van der Waals surface area contributed by atoms with Crippen LogP contribution in [0.3, 0.4) is 0 Å². The lowest BCUT2D eigenvalue weighted by Gasteiger charge is -2.25. The van der Waals surface area contributed by atoms with Gasteiger partial charge in [-0.05, 0) is 18.1 Å². The number of hydrogen-bond acceptors (Lipinski definition) is 2. The molecule has 2 rings (SSSR count). The van der Waals surface area contributed by atoms with Gasteiger partial charge in [-0.15, -0.1) is 0 Å². The van der Waals surface area contributed by atoms with Crippen LogP contribution in [0, 0.1) is 5.82 Å². The highest BCUT2D eigenvalue weighted by Crippen LogP contribution is 2.30. The van der Waals surface area contributed by atoms with Gasteiger partial charge in [-0.1, -0.05) is 0 Å². The molecule has 1 aliphatic heterocycles. The molecule has 4 heteroatoms. The Bertz CT molecular complexity index is 403. The number of aryl methyl sites for hydroxylation is 1. The fourth-order valence-electron chi connectivity index (χ4n) is 1.68. The normalized spacial score (nSPS) is 15.6. The minimum atomic E-state index is -0.467. The largest absolute Gasteiger partial charge is 0.396 e. The number of nitrogens with two attached hydrogens (primary N) is 1. The van der Waals surface area contributed by atoms with E-state index in [0.717, 1.165) is 5.56 Å². The Kier molecular flexibility index (Phi) is 1.91. The number of amides is 1. The summed E-state index contributed by atoms with van der Waals surface area (Å²) in [5.41, 5.74) is 7.16. The number of fused-ring (bicyclic) bond motifs is 1. The molecule has 0 atom stereocenters. The maximum atomic E-state index is 13.1. The Hall–Kier alpha value is -1.58. The van der Waals surface area contributed by atoms with Crippen molar-refractivity contribution in [2.24, 2.45) is 0 Å². The van der Waals surface area contributed by atoms with Gasteiger partial charge >= 0.3 is 0 Å².